The summed E-state index contributed by atoms with van der Waals surface area (Å²) in [5.74, 6) is 0.00462. The highest BCUT2D eigenvalue weighted by atomic mass is 32.2. The molecule has 1 amide bonds. The van der Waals surface area contributed by atoms with Crippen LogP contribution in [0.2, 0.25) is 0 Å². The first-order chi connectivity index (χ1) is 11.5. The van der Waals surface area contributed by atoms with Gasteiger partial charge in [0.05, 0.1) is 4.90 Å². The maximum atomic E-state index is 12.8. The van der Waals surface area contributed by atoms with Gasteiger partial charge in [-0.2, -0.15) is 4.31 Å². The van der Waals surface area contributed by atoms with Crippen molar-refractivity contribution < 1.29 is 13.2 Å². The van der Waals surface area contributed by atoms with Crippen molar-refractivity contribution in [3.05, 3.63) is 29.8 Å². The third-order valence-electron chi connectivity index (χ3n) is 5.09. The van der Waals surface area contributed by atoms with Crippen molar-refractivity contribution >= 4 is 15.9 Å². The summed E-state index contributed by atoms with van der Waals surface area (Å²) in [7, 11) is -3.47. The monoisotopic (exact) mass is 350 g/mol. The lowest BCUT2D eigenvalue weighted by atomic mass is 10.1. The molecule has 2 saturated heterocycles. The van der Waals surface area contributed by atoms with Crippen LogP contribution < -0.4 is 0 Å². The van der Waals surface area contributed by atoms with E-state index in [2.05, 4.69) is 0 Å². The molecule has 0 aliphatic carbocycles. The molecule has 0 radical (unpaired) electrons. The third-order valence-corrected chi connectivity index (χ3v) is 7.12. The summed E-state index contributed by atoms with van der Waals surface area (Å²) in [5, 5.41) is 0. The van der Waals surface area contributed by atoms with Crippen LogP contribution in [0.1, 0.15) is 55.8 Å². The molecule has 0 spiro atoms. The normalized spacial score (nSPS) is 23.2. The standard InChI is InChI=1S/C18H26N2O3S/c1-15-7-3-6-14-20(15)24(22,23)17-10-8-16(9-11-17)18(21)19-12-4-2-5-13-19/h8-11,15H,2-7,12-14H2,1H3/t15-/m0/s1. The molecular weight excluding hydrogens is 324 g/mol. The Bertz CT molecular complexity index is 679. The zero-order chi connectivity index (χ0) is 17.2. The van der Waals surface area contributed by atoms with E-state index >= 15 is 0 Å². The van der Waals surface area contributed by atoms with Crippen molar-refractivity contribution in [1.29, 1.82) is 0 Å². The number of likely N-dealkylation sites (tertiary alicyclic amines) is 1. The molecule has 2 aliphatic heterocycles. The topological polar surface area (TPSA) is 57.7 Å². The van der Waals surface area contributed by atoms with Crippen LogP contribution in [-0.2, 0) is 10.0 Å². The Morgan fingerprint density at radius 2 is 1.58 bits per heavy atom. The van der Waals surface area contributed by atoms with Gasteiger partial charge in [0.25, 0.3) is 5.91 Å². The fraction of sp³-hybridized carbons (Fsp3) is 0.611. The molecule has 1 aromatic rings. The van der Waals surface area contributed by atoms with E-state index < -0.39 is 10.0 Å². The van der Waals surface area contributed by atoms with E-state index in [1.807, 2.05) is 11.8 Å². The van der Waals surface area contributed by atoms with Crippen LogP contribution in [0.15, 0.2) is 29.2 Å². The number of benzene rings is 1. The number of amides is 1. The molecule has 0 aromatic heterocycles. The van der Waals surface area contributed by atoms with Gasteiger partial charge in [-0.15, -0.1) is 0 Å². The summed E-state index contributed by atoms with van der Waals surface area (Å²) < 4.78 is 27.2. The van der Waals surface area contributed by atoms with Gasteiger partial charge in [0, 0.05) is 31.2 Å². The average Bonchev–Trinajstić information content (AvgIpc) is 2.62. The van der Waals surface area contributed by atoms with Crippen LogP contribution >= 0.6 is 0 Å². The lowest BCUT2D eigenvalue weighted by Gasteiger charge is -2.32. The van der Waals surface area contributed by atoms with E-state index in [9.17, 15) is 13.2 Å². The summed E-state index contributed by atoms with van der Waals surface area (Å²) in [5.41, 5.74) is 0.572. The van der Waals surface area contributed by atoms with Gasteiger partial charge in [0.1, 0.15) is 0 Å². The van der Waals surface area contributed by atoms with E-state index in [0.29, 0.717) is 12.1 Å². The Morgan fingerprint density at radius 3 is 2.21 bits per heavy atom. The minimum Gasteiger partial charge on any atom is -0.339 e. The van der Waals surface area contributed by atoms with Gasteiger partial charge in [0.15, 0.2) is 0 Å². The molecule has 0 N–H and O–H groups in total. The number of rotatable bonds is 3. The van der Waals surface area contributed by atoms with Crippen LogP contribution in [-0.4, -0.2) is 49.2 Å². The average molecular weight is 350 g/mol. The zero-order valence-electron chi connectivity index (χ0n) is 14.3. The molecule has 3 rings (SSSR count). The Balaban J connectivity index is 1.77. The molecular formula is C18H26N2O3S. The molecule has 1 atom stereocenters. The summed E-state index contributed by atoms with van der Waals surface area (Å²) >= 11 is 0. The molecule has 2 heterocycles. The second-order valence-electron chi connectivity index (χ2n) is 6.84. The van der Waals surface area contributed by atoms with Gasteiger partial charge in [0.2, 0.25) is 10.0 Å². The Labute approximate surface area is 144 Å². The van der Waals surface area contributed by atoms with Crippen molar-refractivity contribution in [2.24, 2.45) is 0 Å². The highest BCUT2D eigenvalue weighted by Gasteiger charge is 2.31. The number of sulfonamides is 1. The van der Waals surface area contributed by atoms with Gasteiger partial charge in [-0.05, 0) is 63.3 Å². The molecule has 5 nitrogen and oxygen atoms in total. The highest BCUT2D eigenvalue weighted by molar-refractivity contribution is 7.89. The van der Waals surface area contributed by atoms with E-state index in [-0.39, 0.29) is 16.8 Å². The first-order valence-electron chi connectivity index (χ1n) is 8.91. The van der Waals surface area contributed by atoms with Crippen LogP contribution in [0.3, 0.4) is 0 Å². The molecule has 132 valence electrons. The van der Waals surface area contributed by atoms with Crippen LogP contribution in [0.25, 0.3) is 0 Å². The quantitative estimate of drug-likeness (QED) is 0.842. The molecule has 2 aliphatic rings. The molecule has 2 fully saturated rings. The first kappa shape index (κ1) is 17.4. The van der Waals surface area contributed by atoms with Crippen molar-refractivity contribution in [2.45, 2.75) is 56.4 Å². The Morgan fingerprint density at radius 1 is 0.958 bits per heavy atom. The predicted molar refractivity (Wildman–Crippen MR) is 93.4 cm³/mol. The lowest BCUT2D eigenvalue weighted by Crippen LogP contribution is -2.41. The minimum absolute atomic E-state index is 0.00462. The minimum atomic E-state index is -3.47. The largest absolute Gasteiger partial charge is 0.339 e. The molecule has 24 heavy (non-hydrogen) atoms. The fourth-order valence-electron chi connectivity index (χ4n) is 3.61. The van der Waals surface area contributed by atoms with Crippen LogP contribution in [0.5, 0.6) is 0 Å². The predicted octanol–water partition coefficient (Wildman–Crippen LogP) is 2.88. The fourth-order valence-corrected chi connectivity index (χ4v) is 5.31. The van der Waals surface area contributed by atoms with Crippen molar-refractivity contribution in [3.63, 3.8) is 0 Å². The summed E-state index contributed by atoms with van der Waals surface area (Å²) in [6, 6.07) is 6.50. The van der Waals surface area contributed by atoms with Gasteiger partial charge >= 0.3 is 0 Å². The van der Waals surface area contributed by atoms with E-state index in [0.717, 1.165) is 45.2 Å². The van der Waals surface area contributed by atoms with Gasteiger partial charge in [-0.25, -0.2) is 8.42 Å². The molecule has 6 heteroatoms. The number of hydrogen-bond donors (Lipinski definition) is 0. The zero-order valence-corrected chi connectivity index (χ0v) is 15.1. The van der Waals surface area contributed by atoms with E-state index in [1.165, 1.54) is 6.42 Å². The van der Waals surface area contributed by atoms with E-state index in [1.54, 1.807) is 28.6 Å². The lowest BCUT2D eigenvalue weighted by molar-refractivity contribution is 0.0724. The smallest absolute Gasteiger partial charge is 0.253 e. The second kappa shape index (κ2) is 7.23. The second-order valence-corrected chi connectivity index (χ2v) is 8.73. The van der Waals surface area contributed by atoms with Crippen molar-refractivity contribution in [1.82, 2.24) is 9.21 Å². The molecule has 1 aromatic carbocycles. The van der Waals surface area contributed by atoms with Gasteiger partial charge in [-0.3, -0.25) is 4.79 Å². The molecule has 0 saturated carbocycles. The first-order valence-corrected chi connectivity index (χ1v) is 10.4. The van der Waals surface area contributed by atoms with Crippen LogP contribution in [0, 0.1) is 0 Å². The number of nitrogens with zero attached hydrogens (tertiary/aromatic N) is 2. The van der Waals surface area contributed by atoms with Gasteiger partial charge < -0.3 is 4.90 Å². The summed E-state index contributed by atoms with van der Waals surface area (Å²) in [6.07, 6.45) is 6.17. The maximum absolute atomic E-state index is 12.8. The Kier molecular flexibility index (Phi) is 5.25. The molecule has 0 unspecified atom stereocenters. The summed E-state index contributed by atoms with van der Waals surface area (Å²) in [4.78, 5) is 14.6. The molecule has 0 bridgehead atoms. The highest BCUT2D eigenvalue weighted by Crippen LogP contribution is 2.25. The Hall–Kier alpha value is -1.40. The SMILES string of the molecule is C[C@H]1CCCCN1S(=O)(=O)c1ccc(C(=O)N2CCCCC2)cc1. The van der Waals surface area contributed by atoms with Crippen LogP contribution in [0.4, 0.5) is 0 Å². The number of carbonyl (C=O) groups excluding carboxylic acids is 1. The number of hydrogen-bond acceptors (Lipinski definition) is 3. The van der Waals surface area contributed by atoms with Gasteiger partial charge in [-0.1, -0.05) is 6.42 Å². The maximum Gasteiger partial charge on any atom is 0.253 e. The van der Waals surface area contributed by atoms with E-state index in [4.69, 9.17) is 0 Å². The van der Waals surface area contributed by atoms with Crippen molar-refractivity contribution in [2.75, 3.05) is 19.6 Å². The van der Waals surface area contributed by atoms with Crippen molar-refractivity contribution in [3.8, 4) is 0 Å². The number of piperidine rings is 2. The number of carbonyl (C=O) groups is 1. The summed E-state index contributed by atoms with van der Waals surface area (Å²) in [6.45, 7) is 4.14. The third kappa shape index (κ3) is 3.49.